The summed E-state index contributed by atoms with van der Waals surface area (Å²) in [7, 11) is 0. The van der Waals surface area contributed by atoms with E-state index in [1.807, 2.05) is 30.3 Å². The Hall–Kier alpha value is -2.34. The number of carboxylic acid groups (broad SMARTS) is 1. The third-order valence-corrected chi connectivity index (χ3v) is 3.96. The molecule has 6 heteroatoms. The maximum atomic E-state index is 12.3. The zero-order valence-corrected chi connectivity index (χ0v) is 12.7. The van der Waals surface area contributed by atoms with Crippen molar-refractivity contribution in [3.63, 3.8) is 0 Å². The van der Waals surface area contributed by atoms with Gasteiger partial charge in [-0.1, -0.05) is 18.2 Å². The molecule has 1 fully saturated rings. The minimum absolute atomic E-state index is 0.00384. The molecule has 1 aromatic heterocycles. The number of rotatable bonds is 5. The SMILES string of the molecule is O=C(O)C[C@@H]1CN(C(=O)CCc2cc3ccccc3o2)CCO1. The molecule has 6 nitrogen and oxygen atoms in total. The fourth-order valence-electron chi connectivity index (χ4n) is 2.81. The Bertz CT molecular complexity index is 675. The molecule has 0 aliphatic carbocycles. The van der Waals surface area contributed by atoms with Crippen molar-refractivity contribution in [3.05, 3.63) is 36.1 Å². The summed E-state index contributed by atoms with van der Waals surface area (Å²) >= 11 is 0. The largest absolute Gasteiger partial charge is 0.481 e. The number of ether oxygens (including phenoxy) is 1. The highest BCUT2D eigenvalue weighted by Gasteiger charge is 2.25. The minimum Gasteiger partial charge on any atom is -0.481 e. The Balaban J connectivity index is 1.55. The Morgan fingerprint density at radius 3 is 2.91 bits per heavy atom. The van der Waals surface area contributed by atoms with Crippen LogP contribution in [0.4, 0.5) is 0 Å². The lowest BCUT2D eigenvalue weighted by atomic mass is 10.1. The molecule has 1 saturated heterocycles. The van der Waals surface area contributed by atoms with E-state index < -0.39 is 12.1 Å². The van der Waals surface area contributed by atoms with E-state index in [4.69, 9.17) is 14.3 Å². The summed E-state index contributed by atoms with van der Waals surface area (Å²) in [6.07, 6.45) is 0.387. The van der Waals surface area contributed by atoms with Crippen molar-refractivity contribution < 1.29 is 23.8 Å². The fourth-order valence-corrected chi connectivity index (χ4v) is 2.81. The van der Waals surface area contributed by atoms with Crippen molar-refractivity contribution >= 4 is 22.8 Å². The van der Waals surface area contributed by atoms with Crippen LogP contribution < -0.4 is 0 Å². The summed E-state index contributed by atoms with van der Waals surface area (Å²) in [5.74, 6) is -0.120. The van der Waals surface area contributed by atoms with Gasteiger partial charge in [-0.15, -0.1) is 0 Å². The summed E-state index contributed by atoms with van der Waals surface area (Å²) in [4.78, 5) is 24.7. The molecule has 1 atom stereocenters. The Morgan fingerprint density at radius 1 is 1.30 bits per heavy atom. The molecule has 1 aliphatic rings. The molecule has 1 N–H and O–H groups in total. The van der Waals surface area contributed by atoms with Crippen molar-refractivity contribution in [1.29, 1.82) is 0 Å². The maximum Gasteiger partial charge on any atom is 0.306 e. The van der Waals surface area contributed by atoms with Crippen LogP contribution in [0, 0.1) is 0 Å². The summed E-state index contributed by atoms with van der Waals surface area (Å²) in [5, 5.41) is 9.85. The van der Waals surface area contributed by atoms with Crippen LogP contribution in [0.5, 0.6) is 0 Å². The number of furan rings is 1. The fraction of sp³-hybridized carbons (Fsp3) is 0.412. The normalized spacial score (nSPS) is 18.3. The van der Waals surface area contributed by atoms with Crippen LogP contribution in [0.25, 0.3) is 11.0 Å². The molecule has 1 amide bonds. The molecule has 0 saturated carbocycles. The van der Waals surface area contributed by atoms with Crippen molar-refractivity contribution in [2.75, 3.05) is 19.7 Å². The highest BCUT2D eigenvalue weighted by Crippen LogP contribution is 2.20. The standard InChI is InChI=1S/C17H19NO5/c19-16(18-7-8-22-14(11-18)10-17(20)21)6-5-13-9-12-3-1-2-4-15(12)23-13/h1-4,9,14H,5-8,10-11H2,(H,20,21)/t14-/m1/s1. The van der Waals surface area contributed by atoms with Gasteiger partial charge in [0.25, 0.3) is 0 Å². The van der Waals surface area contributed by atoms with Gasteiger partial charge in [0, 0.05) is 31.3 Å². The number of aliphatic carboxylic acids is 1. The molecule has 0 unspecified atom stereocenters. The van der Waals surface area contributed by atoms with Crippen LogP contribution in [0.1, 0.15) is 18.6 Å². The van der Waals surface area contributed by atoms with Crippen LogP contribution in [0.15, 0.2) is 34.7 Å². The second-order valence-electron chi connectivity index (χ2n) is 5.68. The molecule has 3 rings (SSSR count). The molecule has 0 bridgehead atoms. The number of amides is 1. The van der Waals surface area contributed by atoms with Gasteiger partial charge in [0.1, 0.15) is 11.3 Å². The zero-order valence-electron chi connectivity index (χ0n) is 12.7. The van der Waals surface area contributed by atoms with E-state index in [1.54, 1.807) is 4.90 Å². The van der Waals surface area contributed by atoms with Gasteiger partial charge in [0.15, 0.2) is 0 Å². The van der Waals surface area contributed by atoms with Gasteiger partial charge in [0.05, 0.1) is 19.1 Å². The highest BCUT2D eigenvalue weighted by atomic mass is 16.5. The molecule has 2 aromatic rings. The number of carbonyl (C=O) groups excluding carboxylic acids is 1. The molecular formula is C17H19NO5. The number of benzene rings is 1. The van der Waals surface area contributed by atoms with E-state index in [0.29, 0.717) is 32.5 Å². The van der Waals surface area contributed by atoms with Gasteiger partial charge in [-0.2, -0.15) is 0 Å². The second-order valence-corrected chi connectivity index (χ2v) is 5.68. The monoisotopic (exact) mass is 317 g/mol. The molecule has 23 heavy (non-hydrogen) atoms. The van der Waals surface area contributed by atoms with E-state index in [-0.39, 0.29) is 12.3 Å². The lowest BCUT2D eigenvalue weighted by Crippen LogP contribution is -2.46. The Kier molecular flexibility index (Phi) is 4.62. The van der Waals surface area contributed by atoms with Crippen LogP contribution in [-0.4, -0.2) is 47.7 Å². The van der Waals surface area contributed by atoms with Crippen LogP contribution in [0.3, 0.4) is 0 Å². The van der Waals surface area contributed by atoms with E-state index >= 15 is 0 Å². The summed E-state index contributed by atoms with van der Waals surface area (Å²) in [6, 6.07) is 9.69. The first kappa shape index (κ1) is 15.6. The lowest BCUT2D eigenvalue weighted by Gasteiger charge is -2.32. The number of hydrogen-bond donors (Lipinski definition) is 1. The number of aryl methyl sites for hydroxylation is 1. The Labute approximate surface area is 133 Å². The number of morpholine rings is 1. The maximum absolute atomic E-state index is 12.3. The first-order chi connectivity index (χ1) is 11.1. The molecule has 122 valence electrons. The predicted octanol–water partition coefficient (Wildman–Crippen LogP) is 2.07. The van der Waals surface area contributed by atoms with Crippen molar-refractivity contribution in [1.82, 2.24) is 4.90 Å². The summed E-state index contributed by atoms with van der Waals surface area (Å²) in [5.41, 5.74) is 0.822. The number of fused-ring (bicyclic) bond motifs is 1. The number of carboxylic acids is 1. The molecule has 0 spiro atoms. The van der Waals surface area contributed by atoms with E-state index in [2.05, 4.69) is 0 Å². The van der Waals surface area contributed by atoms with Crippen molar-refractivity contribution in [2.24, 2.45) is 0 Å². The lowest BCUT2D eigenvalue weighted by molar-refractivity contribution is -0.147. The summed E-state index contributed by atoms with van der Waals surface area (Å²) in [6.45, 7) is 1.23. The van der Waals surface area contributed by atoms with Crippen molar-refractivity contribution in [2.45, 2.75) is 25.4 Å². The van der Waals surface area contributed by atoms with Crippen molar-refractivity contribution in [3.8, 4) is 0 Å². The first-order valence-electron chi connectivity index (χ1n) is 7.70. The summed E-state index contributed by atoms with van der Waals surface area (Å²) < 4.78 is 11.1. The number of hydrogen-bond acceptors (Lipinski definition) is 4. The topological polar surface area (TPSA) is 80.0 Å². The molecule has 1 aliphatic heterocycles. The van der Waals surface area contributed by atoms with E-state index in [0.717, 1.165) is 16.7 Å². The Morgan fingerprint density at radius 2 is 2.13 bits per heavy atom. The van der Waals surface area contributed by atoms with Gasteiger partial charge in [-0.25, -0.2) is 0 Å². The average molecular weight is 317 g/mol. The third kappa shape index (κ3) is 3.90. The molecule has 0 radical (unpaired) electrons. The average Bonchev–Trinajstić information content (AvgIpc) is 2.95. The highest BCUT2D eigenvalue weighted by molar-refractivity contribution is 5.79. The number of nitrogens with zero attached hydrogens (tertiary/aromatic N) is 1. The molecular weight excluding hydrogens is 298 g/mol. The number of para-hydroxylation sites is 1. The quantitative estimate of drug-likeness (QED) is 0.913. The molecule has 1 aromatic carbocycles. The van der Waals surface area contributed by atoms with Gasteiger partial charge < -0.3 is 19.2 Å². The minimum atomic E-state index is -0.911. The van der Waals surface area contributed by atoms with Gasteiger partial charge >= 0.3 is 5.97 Å². The number of carbonyl (C=O) groups is 2. The van der Waals surface area contributed by atoms with Crippen LogP contribution in [0.2, 0.25) is 0 Å². The van der Waals surface area contributed by atoms with Gasteiger partial charge in [0.2, 0.25) is 5.91 Å². The molecule has 2 heterocycles. The first-order valence-corrected chi connectivity index (χ1v) is 7.70. The van der Waals surface area contributed by atoms with E-state index in [9.17, 15) is 9.59 Å². The smallest absolute Gasteiger partial charge is 0.306 e. The predicted molar refractivity (Wildman–Crippen MR) is 83.1 cm³/mol. The zero-order chi connectivity index (χ0) is 16.2. The van der Waals surface area contributed by atoms with Crippen LogP contribution in [-0.2, 0) is 20.7 Å². The van der Waals surface area contributed by atoms with E-state index in [1.165, 1.54) is 0 Å². The third-order valence-electron chi connectivity index (χ3n) is 3.96. The van der Waals surface area contributed by atoms with Gasteiger partial charge in [-0.3, -0.25) is 9.59 Å². The second kappa shape index (κ2) is 6.83. The van der Waals surface area contributed by atoms with Gasteiger partial charge in [-0.05, 0) is 12.1 Å². The van der Waals surface area contributed by atoms with Crippen LogP contribution >= 0.6 is 0 Å².